The van der Waals surface area contributed by atoms with Crippen LogP contribution in [0.15, 0.2) is 24.3 Å². The lowest BCUT2D eigenvalue weighted by atomic mass is 9.90. The Hall–Kier alpha value is -1.59. The van der Waals surface area contributed by atoms with Crippen molar-refractivity contribution in [1.29, 1.82) is 0 Å². The molecule has 114 valence electrons. The summed E-state index contributed by atoms with van der Waals surface area (Å²) in [7, 11) is 0. The van der Waals surface area contributed by atoms with Crippen LogP contribution < -0.4 is 5.32 Å². The monoisotopic (exact) mass is 310 g/mol. The number of nitrogens with one attached hydrogen (secondary N) is 1. The van der Waals surface area contributed by atoms with Crippen LogP contribution in [0.3, 0.4) is 0 Å². The van der Waals surface area contributed by atoms with Crippen LogP contribution in [0.5, 0.6) is 0 Å². The molecule has 1 aromatic rings. The molecule has 5 nitrogen and oxygen atoms in total. The Balaban J connectivity index is 1.77. The lowest BCUT2D eigenvalue weighted by molar-refractivity contribution is -0.147. The van der Waals surface area contributed by atoms with Crippen LogP contribution in [-0.4, -0.2) is 41.5 Å². The fourth-order valence-corrected chi connectivity index (χ4v) is 2.56. The number of rotatable bonds is 5. The lowest BCUT2D eigenvalue weighted by Gasteiger charge is -2.19. The average molecular weight is 311 g/mol. The smallest absolute Gasteiger partial charge is 0.310 e. The first kappa shape index (κ1) is 15.8. The van der Waals surface area contributed by atoms with Gasteiger partial charge in [-0.05, 0) is 44.2 Å². The molecule has 1 aliphatic heterocycles. The van der Waals surface area contributed by atoms with Crippen molar-refractivity contribution in [3.8, 4) is 0 Å². The molecule has 0 bridgehead atoms. The standard InChI is InChI=1S/C15H19ClN2O3/c1-15(14(20)21)7-9-18(10-15)8-6-13(19)17-12-4-2-11(16)3-5-12/h2-5H,6-10H2,1H3,(H,17,19)(H,20,21). The van der Waals surface area contributed by atoms with Gasteiger partial charge in [-0.15, -0.1) is 0 Å². The minimum atomic E-state index is -0.768. The minimum absolute atomic E-state index is 0.0822. The Bertz CT molecular complexity index is 532. The molecule has 0 aliphatic carbocycles. The molecule has 0 spiro atoms. The van der Waals surface area contributed by atoms with Crippen molar-refractivity contribution in [1.82, 2.24) is 4.90 Å². The number of hydrogen-bond acceptors (Lipinski definition) is 3. The molecular weight excluding hydrogens is 292 g/mol. The number of carboxylic acid groups (broad SMARTS) is 1. The number of benzene rings is 1. The highest BCUT2D eigenvalue weighted by molar-refractivity contribution is 6.30. The van der Waals surface area contributed by atoms with E-state index in [1.54, 1.807) is 31.2 Å². The number of carboxylic acids is 1. The molecule has 1 heterocycles. The second-order valence-corrected chi connectivity index (χ2v) is 6.13. The van der Waals surface area contributed by atoms with Crippen LogP contribution in [0, 0.1) is 5.41 Å². The molecule has 1 unspecified atom stereocenters. The quantitative estimate of drug-likeness (QED) is 0.876. The van der Waals surface area contributed by atoms with E-state index >= 15 is 0 Å². The molecule has 0 aromatic heterocycles. The van der Waals surface area contributed by atoms with Gasteiger partial charge in [-0.2, -0.15) is 0 Å². The maximum Gasteiger partial charge on any atom is 0.310 e. The number of hydrogen-bond donors (Lipinski definition) is 2. The largest absolute Gasteiger partial charge is 0.481 e. The van der Waals surface area contributed by atoms with Crippen LogP contribution in [-0.2, 0) is 9.59 Å². The molecule has 2 rings (SSSR count). The van der Waals surface area contributed by atoms with Gasteiger partial charge in [-0.3, -0.25) is 9.59 Å². The molecule has 1 aliphatic rings. The molecule has 2 N–H and O–H groups in total. The fourth-order valence-electron chi connectivity index (χ4n) is 2.44. The highest BCUT2D eigenvalue weighted by Crippen LogP contribution is 2.30. The third kappa shape index (κ3) is 4.19. The second kappa shape index (κ2) is 6.45. The van der Waals surface area contributed by atoms with Gasteiger partial charge in [0.05, 0.1) is 5.41 Å². The van der Waals surface area contributed by atoms with Gasteiger partial charge in [0.25, 0.3) is 0 Å². The van der Waals surface area contributed by atoms with E-state index in [-0.39, 0.29) is 5.91 Å². The van der Waals surface area contributed by atoms with Gasteiger partial charge in [0, 0.05) is 30.2 Å². The predicted octanol–water partition coefficient (Wildman–Crippen LogP) is 2.47. The predicted molar refractivity (Wildman–Crippen MR) is 81.5 cm³/mol. The zero-order valence-electron chi connectivity index (χ0n) is 11.9. The highest BCUT2D eigenvalue weighted by atomic mass is 35.5. The molecule has 0 radical (unpaired) electrons. The molecule has 1 amide bonds. The van der Waals surface area contributed by atoms with Crippen molar-refractivity contribution < 1.29 is 14.7 Å². The Morgan fingerprint density at radius 2 is 2.05 bits per heavy atom. The van der Waals surface area contributed by atoms with Crippen LogP contribution in [0.1, 0.15) is 19.8 Å². The number of carbonyl (C=O) groups is 2. The van der Waals surface area contributed by atoms with E-state index in [4.69, 9.17) is 16.7 Å². The van der Waals surface area contributed by atoms with E-state index in [1.165, 1.54) is 0 Å². The van der Waals surface area contributed by atoms with E-state index in [1.807, 2.05) is 4.90 Å². The Labute approximate surface area is 128 Å². The molecule has 21 heavy (non-hydrogen) atoms. The maximum atomic E-state index is 11.9. The lowest BCUT2D eigenvalue weighted by Crippen LogP contribution is -2.33. The zero-order chi connectivity index (χ0) is 15.5. The summed E-state index contributed by atoms with van der Waals surface area (Å²) in [4.78, 5) is 25.0. The Morgan fingerprint density at radius 3 is 2.62 bits per heavy atom. The van der Waals surface area contributed by atoms with Crippen LogP contribution in [0.25, 0.3) is 0 Å². The molecule has 6 heteroatoms. The van der Waals surface area contributed by atoms with Gasteiger partial charge in [-0.1, -0.05) is 11.6 Å². The number of anilines is 1. The number of nitrogens with zero attached hydrogens (tertiary/aromatic N) is 1. The number of amides is 1. The summed E-state index contributed by atoms with van der Waals surface area (Å²) in [5, 5.41) is 12.6. The third-order valence-corrected chi connectivity index (χ3v) is 4.10. The molecular formula is C15H19ClN2O3. The second-order valence-electron chi connectivity index (χ2n) is 5.70. The maximum absolute atomic E-state index is 11.9. The first-order valence-electron chi connectivity index (χ1n) is 6.90. The van der Waals surface area contributed by atoms with Crippen molar-refractivity contribution in [2.45, 2.75) is 19.8 Å². The van der Waals surface area contributed by atoms with Crippen LogP contribution in [0.4, 0.5) is 5.69 Å². The first-order valence-corrected chi connectivity index (χ1v) is 7.28. The Morgan fingerprint density at radius 1 is 1.38 bits per heavy atom. The summed E-state index contributed by atoms with van der Waals surface area (Å²) in [6.45, 7) is 3.54. The summed E-state index contributed by atoms with van der Waals surface area (Å²) in [5.74, 6) is -0.850. The Kier molecular flexibility index (Phi) is 4.85. The fraction of sp³-hybridized carbons (Fsp3) is 0.467. The number of aliphatic carboxylic acids is 1. The minimum Gasteiger partial charge on any atom is -0.481 e. The van der Waals surface area contributed by atoms with Gasteiger partial charge in [0.15, 0.2) is 0 Å². The van der Waals surface area contributed by atoms with Crippen molar-refractivity contribution in [2.75, 3.05) is 25.0 Å². The number of carbonyl (C=O) groups excluding carboxylic acids is 1. The average Bonchev–Trinajstić information content (AvgIpc) is 2.82. The van der Waals surface area contributed by atoms with Crippen LogP contribution >= 0.6 is 11.6 Å². The molecule has 1 aromatic carbocycles. The number of likely N-dealkylation sites (tertiary alicyclic amines) is 1. The van der Waals surface area contributed by atoms with Gasteiger partial charge < -0.3 is 15.3 Å². The molecule has 1 atom stereocenters. The van der Waals surface area contributed by atoms with Crippen molar-refractivity contribution in [2.24, 2.45) is 5.41 Å². The van der Waals surface area contributed by atoms with Gasteiger partial charge in [0.2, 0.25) is 5.91 Å². The SMILES string of the molecule is CC1(C(=O)O)CCN(CCC(=O)Nc2ccc(Cl)cc2)C1. The third-order valence-electron chi connectivity index (χ3n) is 3.85. The first-order chi connectivity index (χ1) is 9.89. The summed E-state index contributed by atoms with van der Waals surface area (Å²) in [5.41, 5.74) is 0.0216. The molecule has 0 saturated carbocycles. The number of halogens is 1. The van der Waals surface area contributed by atoms with Gasteiger partial charge in [0.1, 0.15) is 0 Å². The molecule has 1 saturated heterocycles. The zero-order valence-corrected chi connectivity index (χ0v) is 12.7. The van der Waals surface area contributed by atoms with Gasteiger partial charge >= 0.3 is 5.97 Å². The van der Waals surface area contributed by atoms with Crippen molar-refractivity contribution in [3.63, 3.8) is 0 Å². The summed E-state index contributed by atoms with van der Waals surface area (Å²) < 4.78 is 0. The van der Waals surface area contributed by atoms with Crippen molar-refractivity contribution in [3.05, 3.63) is 29.3 Å². The van der Waals surface area contributed by atoms with E-state index in [2.05, 4.69) is 5.32 Å². The van der Waals surface area contributed by atoms with E-state index in [9.17, 15) is 9.59 Å². The van der Waals surface area contributed by atoms with Crippen molar-refractivity contribution >= 4 is 29.2 Å². The molecule has 1 fully saturated rings. The summed E-state index contributed by atoms with van der Waals surface area (Å²) in [6, 6.07) is 6.93. The summed E-state index contributed by atoms with van der Waals surface area (Å²) in [6.07, 6.45) is 0.972. The van der Waals surface area contributed by atoms with Gasteiger partial charge in [-0.25, -0.2) is 0 Å². The highest BCUT2D eigenvalue weighted by Gasteiger charge is 2.40. The normalized spacial score (nSPS) is 22.2. The summed E-state index contributed by atoms with van der Waals surface area (Å²) >= 11 is 5.78. The topological polar surface area (TPSA) is 69.6 Å². The van der Waals surface area contributed by atoms with E-state index < -0.39 is 11.4 Å². The van der Waals surface area contributed by atoms with E-state index in [0.29, 0.717) is 36.6 Å². The van der Waals surface area contributed by atoms with Crippen LogP contribution in [0.2, 0.25) is 5.02 Å². The van der Waals surface area contributed by atoms with E-state index in [0.717, 1.165) is 6.54 Å².